The molecule has 0 amide bonds. The van der Waals surface area contributed by atoms with E-state index in [2.05, 4.69) is 58.6 Å². The first-order chi connectivity index (χ1) is 11.7. The minimum Gasteiger partial charge on any atom is -0.241 e. The highest BCUT2D eigenvalue weighted by molar-refractivity contribution is 7.99. The highest BCUT2D eigenvalue weighted by Gasteiger charge is 2.14. The van der Waals surface area contributed by atoms with E-state index in [1.807, 2.05) is 30.3 Å². The van der Waals surface area contributed by atoms with Crippen molar-refractivity contribution in [2.45, 2.75) is 24.0 Å². The molecule has 0 aliphatic rings. The van der Waals surface area contributed by atoms with E-state index in [0.717, 1.165) is 32.7 Å². The van der Waals surface area contributed by atoms with Gasteiger partial charge in [-0.1, -0.05) is 42.5 Å². The summed E-state index contributed by atoms with van der Waals surface area (Å²) in [6.07, 6.45) is 0. The average Bonchev–Trinajstić information content (AvgIpc) is 3.02. The maximum absolute atomic E-state index is 4.68. The third-order valence-electron chi connectivity index (χ3n) is 3.86. The van der Waals surface area contributed by atoms with Crippen LogP contribution < -0.4 is 0 Å². The van der Waals surface area contributed by atoms with E-state index in [-0.39, 0.29) is 0 Å². The molecule has 0 unspecified atom stereocenters. The van der Waals surface area contributed by atoms with E-state index in [4.69, 9.17) is 0 Å². The standard InChI is InChI=1S/C18H15N5S/c1-12-6-5-7-13(2)17(12)23-18(20-21-22-23)24-16-11-10-14-8-3-4-9-15(14)19-16/h3-11H,1-2H3. The Morgan fingerprint density at radius 1 is 0.875 bits per heavy atom. The van der Waals surface area contributed by atoms with Gasteiger partial charge >= 0.3 is 0 Å². The van der Waals surface area contributed by atoms with Crippen LogP contribution in [0.15, 0.2) is 64.8 Å². The van der Waals surface area contributed by atoms with E-state index in [1.54, 1.807) is 4.68 Å². The Hall–Kier alpha value is -2.73. The molecule has 0 fully saturated rings. The molecule has 0 saturated carbocycles. The van der Waals surface area contributed by atoms with E-state index in [0.29, 0.717) is 5.16 Å². The molecule has 6 heteroatoms. The molecule has 4 rings (SSSR count). The van der Waals surface area contributed by atoms with Crippen molar-refractivity contribution in [3.8, 4) is 5.69 Å². The smallest absolute Gasteiger partial charge is 0.220 e. The van der Waals surface area contributed by atoms with Crippen molar-refractivity contribution in [2.24, 2.45) is 0 Å². The van der Waals surface area contributed by atoms with Gasteiger partial charge in [0.15, 0.2) is 0 Å². The van der Waals surface area contributed by atoms with Crippen molar-refractivity contribution in [1.82, 2.24) is 25.2 Å². The highest BCUT2D eigenvalue weighted by atomic mass is 32.2. The molecular formula is C18H15N5S. The van der Waals surface area contributed by atoms with Gasteiger partial charge in [0, 0.05) is 5.39 Å². The maximum Gasteiger partial charge on any atom is 0.220 e. The number of aryl methyl sites for hydroxylation is 2. The lowest BCUT2D eigenvalue weighted by atomic mass is 10.1. The van der Waals surface area contributed by atoms with E-state index in [9.17, 15) is 0 Å². The van der Waals surface area contributed by atoms with Crippen LogP contribution >= 0.6 is 11.8 Å². The van der Waals surface area contributed by atoms with Crippen LogP contribution in [-0.4, -0.2) is 25.2 Å². The van der Waals surface area contributed by atoms with Gasteiger partial charge in [0.05, 0.1) is 11.2 Å². The summed E-state index contributed by atoms with van der Waals surface area (Å²) in [5.41, 5.74) is 4.26. The lowest BCUT2D eigenvalue weighted by molar-refractivity contribution is 0.747. The number of fused-ring (bicyclic) bond motifs is 1. The van der Waals surface area contributed by atoms with Crippen LogP contribution in [0.1, 0.15) is 11.1 Å². The molecule has 2 aromatic heterocycles. The Labute approximate surface area is 143 Å². The Balaban J connectivity index is 1.74. The fourth-order valence-corrected chi connectivity index (χ4v) is 3.48. The zero-order chi connectivity index (χ0) is 16.5. The Morgan fingerprint density at radius 2 is 1.67 bits per heavy atom. The van der Waals surface area contributed by atoms with Gasteiger partial charge in [0.2, 0.25) is 5.16 Å². The molecule has 5 nitrogen and oxygen atoms in total. The molecule has 0 aliphatic carbocycles. The van der Waals surface area contributed by atoms with Crippen LogP contribution in [0.25, 0.3) is 16.6 Å². The fourth-order valence-electron chi connectivity index (χ4n) is 2.72. The van der Waals surface area contributed by atoms with Crippen LogP contribution in [-0.2, 0) is 0 Å². The molecular weight excluding hydrogens is 318 g/mol. The molecule has 0 spiro atoms. The first kappa shape index (κ1) is 14.8. The van der Waals surface area contributed by atoms with E-state index >= 15 is 0 Å². The summed E-state index contributed by atoms with van der Waals surface area (Å²) >= 11 is 1.46. The number of tetrazole rings is 1. The van der Waals surface area contributed by atoms with Crippen molar-refractivity contribution in [1.29, 1.82) is 0 Å². The first-order valence-corrected chi connectivity index (χ1v) is 8.42. The number of rotatable bonds is 3. The third kappa shape index (κ3) is 2.65. The van der Waals surface area contributed by atoms with Crippen LogP contribution in [0.2, 0.25) is 0 Å². The van der Waals surface area contributed by atoms with Crippen molar-refractivity contribution >= 4 is 22.7 Å². The summed E-state index contributed by atoms with van der Waals surface area (Å²) in [5, 5.41) is 14.9. The van der Waals surface area contributed by atoms with Gasteiger partial charge in [-0.3, -0.25) is 0 Å². The molecule has 2 aromatic carbocycles. The summed E-state index contributed by atoms with van der Waals surface area (Å²) in [6, 6.07) is 18.3. The summed E-state index contributed by atoms with van der Waals surface area (Å²) in [4.78, 5) is 4.68. The quantitative estimate of drug-likeness (QED) is 0.567. The van der Waals surface area contributed by atoms with Gasteiger partial charge < -0.3 is 0 Å². The Morgan fingerprint density at radius 3 is 2.50 bits per heavy atom. The second-order valence-corrected chi connectivity index (χ2v) is 6.55. The van der Waals surface area contributed by atoms with E-state index in [1.165, 1.54) is 11.8 Å². The average molecular weight is 333 g/mol. The van der Waals surface area contributed by atoms with Crippen LogP contribution in [0.3, 0.4) is 0 Å². The Bertz CT molecular complexity index is 1000. The number of aromatic nitrogens is 5. The minimum absolute atomic E-state index is 0.704. The van der Waals surface area contributed by atoms with E-state index < -0.39 is 0 Å². The fraction of sp³-hybridized carbons (Fsp3) is 0.111. The topological polar surface area (TPSA) is 56.5 Å². The van der Waals surface area contributed by atoms with Crippen LogP contribution in [0.4, 0.5) is 0 Å². The van der Waals surface area contributed by atoms with Gasteiger partial charge in [-0.25, -0.2) is 4.98 Å². The Kier molecular flexibility index (Phi) is 3.74. The minimum atomic E-state index is 0.704. The molecule has 24 heavy (non-hydrogen) atoms. The second kappa shape index (κ2) is 6.05. The molecule has 0 atom stereocenters. The molecule has 0 N–H and O–H groups in total. The van der Waals surface area contributed by atoms with Crippen LogP contribution in [0.5, 0.6) is 0 Å². The van der Waals surface area contributed by atoms with Crippen LogP contribution in [0, 0.1) is 13.8 Å². The molecule has 4 aromatic rings. The highest BCUT2D eigenvalue weighted by Crippen LogP contribution is 2.29. The van der Waals surface area contributed by atoms with Gasteiger partial charge in [0.25, 0.3) is 0 Å². The lowest BCUT2D eigenvalue weighted by Crippen LogP contribution is -2.04. The zero-order valence-electron chi connectivity index (χ0n) is 13.3. The maximum atomic E-state index is 4.68. The summed E-state index contributed by atoms with van der Waals surface area (Å²) < 4.78 is 1.78. The van der Waals surface area contributed by atoms with Crippen molar-refractivity contribution in [3.63, 3.8) is 0 Å². The number of hydrogen-bond acceptors (Lipinski definition) is 5. The number of pyridine rings is 1. The summed E-state index contributed by atoms with van der Waals surface area (Å²) in [6.45, 7) is 4.12. The lowest BCUT2D eigenvalue weighted by Gasteiger charge is -2.10. The molecule has 0 saturated heterocycles. The third-order valence-corrected chi connectivity index (χ3v) is 4.73. The molecule has 118 valence electrons. The predicted octanol–water partition coefficient (Wildman–Crippen LogP) is 3.98. The monoisotopic (exact) mass is 333 g/mol. The van der Waals surface area contributed by atoms with Gasteiger partial charge in [-0.05, 0) is 59.3 Å². The van der Waals surface area contributed by atoms with Gasteiger partial charge in [-0.2, -0.15) is 4.68 Å². The largest absolute Gasteiger partial charge is 0.241 e. The van der Waals surface area contributed by atoms with Gasteiger partial charge in [-0.15, -0.1) is 5.10 Å². The SMILES string of the molecule is Cc1cccc(C)c1-n1nnnc1Sc1ccc2ccccc2n1. The van der Waals surface area contributed by atoms with Crippen molar-refractivity contribution < 1.29 is 0 Å². The molecule has 2 heterocycles. The number of nitrogens with zero attached hydrogens (tertiary/aromatic N) is 5. The number of para-hydroxylation sites is 2. The molecule has 0 bridgehead atoms. The molecule has 0 aliphatic heterocycles. The van der Waals surface area contributed by atoms with Crippen molar-refractivity contribution in [2.75, 3.05) is 0 Å². The number of benzene rings is 2. The molecule has 0 radical (unpaired) electrons. The summed E-state index contributed by atoms with van der Waals surface area (Å²) in [7, 11) is 0. The summed E-state index contributed by atoms with van der Waals surface area (Å²) in [5.74, 6) is 0. The van der Waals surface area contributed by atoms with Crippen molar-refractivity contribution in [3.05, 3.63) is 65.7 Å². The number of hydrogen-bond donors (Lipinski definition) is 0. The predicted molar refractivity (Wildman–Crippen MR) is 94.5 cm³/mol. The first-order valence-electron chi connectivity index (χ1n) is 7.61. The second-order valence-electron chi connectivity index (χ2n) is 5.56. The zero-order valence-corrected chi connectivity index (χ0v) is 14.2. The van der Waals surface area contributed by atoms with Gasteiger partial charge in [0.1, 0.15) is 5.03 Å². The normalized spacial score (nSPS) is 11.1.